The minimum absolute atomic E-state index is 0.225. The van der Waals surface area contributed by atoms with Crippen molar-refractivity contribution in [2.75, 3.05) is 5.32 Å². The maximum absolute atomic E-state index is 9.96. The van der Waals surface area contributed by atoms with Gasteiger partial charge >= 0.3 is 0 Å². The Balaban J connectivity index is 2.95. The Morgan fingerprint density at radius 1 is 1.55 bits per heavy atom. The SMILES string of the molecule is O=CNc1cnc(Cl)c(Cl)c1. The second kappa shape index (κ2) is 3.55. The van der Waals surface area contributed by atoms with Crippen LogP contribution in [0, 0.1) is 0 Å². The summed E-state index contributed by atoms with van der Waals surface area (Å²) >= 11 is 11.1. The van der Waals surface area contributed by atoms with Gasteiger partial charge in [0.25, 0.3) is 0 Å². The molecule has 11 heavy (non-hydrogen) atoms. The van der Waals surface area contributed by atoms with Gasteiger partial charge in [-0.3, -0.25) is 4.79 Å². The molecule has 58 valence electrons. The smallest absolute Gasteiger partial charge is 0.211 e. The van der Waals surface area contributed by atoms with E-state index in [1.54, 1.807) is 0 Å². The molecule has 1 N–H and O–H groups in total. The summed E-state index contributed by atoms with van der Waals surface area (Å²) in [7, 11) is 0. The summed E-state index contributed by atoms with van der Waals surface area (Å²) in [5.74, 6) is 0. The Hall–Kier alpha value is -0.800. The van der Waals surface area contributed by atoms with Crippen LogP contribution in [0.15, 0.2) is 12.3 Å². The van der Waals surface area contributed by atoms with Gasteiger partial charge in [0.2, 0.25) is 6.41 Å². The van der Waals surface area contributed by atoms with Gasteiger partial charge < -0.3 is 5.32 Å². The maximum atomic E-state index is 9.96. The quantitative estimate of drug-likeness (QED) is 0.573. The summed E-state index contributed by atoms with van der Waals surface area (Å²) in [5, 5.41) is 2.93. The van der Waals surface area contributed by atoms with Crippen LogP contribution >= 0.6 is 23.2 Å². The van der Waals surface area contributed by atoms with E-state index in [0.29, 0.717) is 17.1 Å². The van der Waals surface area contributed by atoms with Crippen molar-refractivity contribution in [3.63, 3.8) is 0 Å². The molecule has 0 fully saturated rings. The van der Waals surface area contributed by atoms with E-state index in [-0.39, 0.29) is 5.15 Å². The number of rotatable bonds is 2. The molecule has 0 saturated heterocycles. The molecule has 0 unspecified atom stereocenters. The van der Waals surface area contributed by atoms with Crippen LogP contribution in [0.3, 0.4) is 0 Å². The molecule has 0 bridgehead atoms. The van der Waals surface area contributed by atoms with Gasteiger partial charge in [-0.05, 0) is 6.07 Å². The molecule has 0 atom stereocenters. The molecule has 5 heteroatoms. The first-order valence-corrected chi connectivity index (χ1v) is 3.51. The fourth-order valence-electron chi connectivity index (χ4n) is 0.568. The van der Waals surface area contributed by atoms with Gasteiger partial charge in [0.1, 0.15) is 5.15 Å². The lowest BCUT2D eigenvalue weighted by atomic mass is 10.4. The number of hydrogen-bond acceptors (Lipinski definition) is 2. The van der Waals surface area contributed by atoms with Gasteiger partial charge in [-0.15, -0.1) is 0 Å². The predicted molar refractivity (Wildman–Crippen MR) is 43.9 cm³/mol. The lowest BCUT2D eigenvalue weighted by Gasteiger charge is -1.98. The van der Waals surface area contributed by atoms with Crippen molar-refractivity contribution in [1.82, 2.24) is 4.98 Å². The average Bonchev–Trinajstić information content (AvgIpc) is 1.98. The molecule has 1 aromatic heterocycles. The monoisotopic (exact) mass is 190 g/mol. The Bertz CT molecular complexity index is 277. The molecular weight excluding hydrogens is 187 g/mol. The van der Waals surface area contributed by atoms with E-state index in [4.69, 9.17) is 23.2 Å². The van der Waals surface area contributed by atoms with Crippen molar-refractivity contribution in [1.29, 1.82) is 0 Å². The number of halogens is 2. The zero-order valence-corrected chi connectivity index (χ0v) is 6.86. The molecule has 1 aromatic rings. The zero-order chi connectivity index (χ0) is 8.27. The maximum Gasteiger partial charge on any atom is 0.211 e. The highest BCUT2D eigenvalue weighted by atomic mass is 35.5. The fourth-order valence-corrected chi connectivity index (χ4v) is 0.838. The number of aromatic nitrogens is 1. The Labute approximate surface area is 73.3 Å². The van der Waals surface area contributed by atoms with Crippen LogP contribution in [-0.2, 0) is 4.79 Å². The molecule has 1 amide bonds. The first kappa shape index (κ1) is 8.30. The molecule has 0 aliphatic rings. The van der Waals surface area contributed by atoms with E-state index in [2.05, 4.69) is 10.3 Å². The highest BCUT2D eigenvalue weighted by Crippen LogP contribution is 2.21. The van der Waals surface area contributed by atoms with Gasteiger partial charge in [0.05, 0.1) is 16.9 Å². The van der Waals surface area contributed by atoms with Gasteiger partial charge in [-0.2, -0.15) is 0 Å². The highest BCUT2D eigenvalue weighted by molar-refractivity contribution is 6.41. The van der Waals surface area contributed by atoms with E-state index in [0.717, 1.165) is 0 Å². The molecule has 0 radical (unpaired) electrons. The van der Waals surface area contributed by atoms with E-state index in [1.807, 2.05) is 0 Å². The Morgan fingerprint density at radius 3 is 2.82 bits per heavy atom. The zero-order valence-electron chi connectivity index (χ0n) is 5.34. The number of amides is 1. The van der Waals surface area contributed by atoms with Gasteiger partial charge in [-0.1, -0.05) is 23.2 Å². The lowest BCUT2D eigenvalue weighted by Crippen LogP contribution is -1.94. The number of carbonyl (C=O) groups is 1. The summed E-state index contributed by atoms with van der Waals surface area (Å²) in [6.45, 7) is 0. The number of nitrogens with one attached hydrogen (secondary N) is 1. The van der Waals surface area contributed by atoms with Crippen molar-refractivity contribution in [2.24, 2.45) is 0 Å². The highest BCUT2D eigenvalue weighted by Gasteiger charge is 1.98. The topological polar surface area (TPSA) is 42.0 Å². The van der Waals surface area contributed by atoms with Crippen LogP contribution in [0.2, 0.25) is 10.2 Å². The second-order valence-electron chi connectivity index (χ2n) is 1.76. The molecule has 0 saturated carbocycles. The molecule has 1 rings (SSSR count). The van der Waals surface area contributed by atoms with E-state index >= 15 is 0 Å². The number of carbonyl (C=O) groups excluding carboxylic acids is 1. The van der Waals surface area contributed by atoms with Gasteiger partial charge in [-0.25, -0.2) is 4.98 Å². The second-order valence-corrected chi connectivity index (χ2v) is 2.52. The summed E-state index contributed by atoms with van der Waals surface area (Å²) in [4.78, 5) is 13.7. The minimum Gasteiger partial charge on any atom is -0.327 e. The third-order valence-electron chi connectivity index (χ3n) is 1.02. The van der Waals surface area contributed by atoms with Crippen LogP contribution in [-0.4, -0.2) is 11.4 Å². The number of nitrogens with zero attached hydrogens (tertiary/aromatic N) is 1. The van der Waals surface area contributed by atoms with Crippen molar-refractivity contribution in [3.05, 3.63) is 22.4 Å². The van der Waals surface area contributed by atoms with E-state index in [9.17, 15) is 4.79 Å². The summed E-state index contributed by atoms with van der Waals surface area (Å²) in [5.41, 5.74) is 0.523. The molecule has 0 aliphatic carbocycles. The molecule has 0 spiro atoms. The molecule has 1 heterocycles. The normalized spacial score (nSPS) is 9.27. The van der Waals surface area contributed by atoms with E-state index in [1.165, 1.54) is 12.3 Å². The lowest BCUT2D eigenvalue weighted by molar-refractivity contribution is -0.105. The standard InChI is InChI=1S/C6H4Cl2N2O/c7-5-1-4(10-3-11)2-9-6(5)8/h1-3H,(H,10,11). The van der Waals surface area contributed by atoms with Crippen LogP contribution in [0.25, 0.3) is 0 Å². The summed E-state index contributed by atoms with van der Waals surface area (Å²) in [6.07, 6.45) is 1.96. The molecular formula is C6H4Cl2N2O. The van der Waals surface area contributed by atoms with Crippen molar-refractivity contribution in [3.8, 4) is 0 Å². The third-order valence-corrected chi connectivity index (χ3v) is 1.71. The minimum atomic E-state index is 0.225. The van der Waals surface area contributed by atoms with Crippen molar-refractivity contribution in [2.45, 2.75) is 0 Å². The Kier molecular flexibility index (Phi) is 2.68. The molecule has 3 nitrogen and oxygen atoms in total. The van der Waals surface area contributed by atoms with Crippen LogP contribution < -0.4 is 5.32 Å². The number of hydrogen-bond donors (Lipinski definition) is 1. The van der Waals surface area contributed by atoms with Crippen LogP contribution in [0.1, 0.15) is 0 Å². The fraction of sp³-hybridized carbons (Fsp3) is 0. The molecule has 0 aromatic carbocycles. The predicted octanol–water partition coefficient (Wildman–Crippen LogP) is 1.96. The average molecular weight is 191 g/mol. The molecule has 0 aliphatic heterocycles. The first-order valence-electron chi connectivity index (χ1n) is 2.75. The summed E-state index contributed by atoms with van der Waals surface area (Å²) < 4.78 is 0. The van der Waals surface area contributed by atoms with Crippen molar-refractivity contribution >= 4 is 35.3 Å². The van der Waals surface area contributed by atoms with Crippen LogP contribution in [0.5, 0.6) is 0 Å². The largest absolute Gasteiger partial charge is 0.327 e. The van der Waals surface area contributed by atoms with Gasteiger partial charge in [0, 0.05) is 0 Å². The Morgan fingerprint density at radius 2 is 2.27 bits per heavy atom. The third kappa shape index (κ3) is 2.06. The van der Waals surface area contributed by atoms with Gasteiger partial charge in [0.15, 0.2) is 0 Å². The van der Waals surface area contributed by atoms with Crippen molar-refractivity contribution < 1.29 is 4.79 Å². The summed E-state index contributed by atoms with van der Waals surface area (Å²) in [6, 6.07) is 1.52. The van der Waals surface area contributed by atoms with Crippen LogP contribution in [0.4, 0.5) is 5.69 Å². The van der Waals surface area contributed by atoms with E-state index < -0.39 is 0 Å². The first-order chi connectivity index (χ1) is 5.24. The number of anilines is 1. The number of pyridine rings is 1.